The lowest BCUT2D eigenvalue weighted by Gasteiger charge is -2.22. The summed E-state index contributed by atoms with van der Waals surface area (Å²) in [7, 11) is 1.28. The molecule has 24 heavy (non-hydrogen) atoms. The summed E-state index contributed by atoms with van der Waals surface area (Å²) in [5, 5.41) is 5.55. The predicted molar refractivity (Wildman–Crippen MR) is 90.8 cm³/mol. The molecule has 1 aliphatic carbocycles. The Morgan fingerprint density at radius 2 is 2.00 bits per heavy atom. The number of nitrogens with zero attached hydrogens (tertiary/aromatic N) is 1. The highest BCUT2D eigenvalue weighted by Gasteiger charge is 2.47. The van der Waals surface area contributed by atoms with Gasteiger partial charge >= 0.3 is 6.09 Å². The van der Waals surface area contributed by atoms with Crippen molar-refractivity contribution in [2.75, 3.05) is 13.7 Å². The van der Waals surface area contributed by atoms with Gasteiger partial charge in [-0.2, -0.15) is 0 Å². The summed E-state index contributed by atoms with van der Waals surface area (Å²) >= 11 is 0. The molecule has 134 valence electrons. The maximum Gasteiger partial charge on any atom is 0.407 e. The summed E-state index contributed by atoms with van der Waals surface area (Å²) in [5.41, 5.74) is 0.935. The number of imidazole rings is 1. The van der Waals surface area contributed by atoms with Gasteiger partial charge in [0.2, 0.25) is 5.91 Å². The average Bonchev–Trinajstić information content (AvgIpc) is 3.15. The second kappa shape index (κ2) is 7.23. The Morgan fingerprint density at radius 1 is 1.33 bits per heavy atom. The third-order valence-electron chi connectivity index (χ3n) is 4.55. The van der Waals surface area contributed by atoms with E-state index in [1.165, 1.54) is 7.11 Å². The van der Waals surface area contributed by atoms with E-state index in [0.29, 0.717) is 12.5 Å². The molecule has 0 aliphatic heterocycles. The minimum Gasteiger partial charge on any atom is -0.453 e. The molecule has 2 amide bonds. The van der Waals surface area contributed by atoms with Gasteiger partial charge in [-0.05, 0) is 24.7 Å². The predicted octanol–water partition coefficient (Wildman–Crippen LogP) is 2.06. The number of H-pyrrole nitrogens is 1. The fourth-order valence-electron chi connectivity index (χ4n) is 2.64. The van der Waals surface area contributed by atoms with E-state index in [-0.39, 0.29) is 17.2 Å². The largest absolute Gasteiger partial charge is 0.453 e. The Balaban J connectivity index is 1.97. The van der Waals surface area contributed by atoms with E-state index in [9.17, 15) is 9.59 Å². The zero-order chi connectivity index (χ0) is 17.9. The highest BCUT2D eigenvalue weighted by molar-refractivity contribution is 5.85. The first-order valence-corrected chi connectivity index (χ1v) is 8.47. The number of nitrogens with one attached hydrogen (secondary N) is 3. The third kappa shape index (κ3) is 4.07. The first-order valence-electron chi connectivity index (χ1n) is 8.47. The molecule has 1 aliphatic rings. The van der Waals surface area contributed by atoms with Gasteiger partial charge in [0.15, 0.2) is 0 Å². The number of aromatic amines is 1. The van der Waals surface area contributed by atoms with Crippen molar-refractivity contribution in [3.8, 4) is 0 Å². The summed E-state index contributed by atoms with van der Waals surface area (Å²) in [6, 6.07) is -0.615. The van der Waals surface area contributed by atoms with E-state index in [2.05, 4.69) is 39.2 Å². The lowest BCUT2D eigenvalue weighted by molar-refractivity contribution is -0.124. The highest BCUT2D eigenvalue weighted by atomic mass is 16.5. The van der Waals surface area contributed by atoms with Crippen molar-refractivity contribution in [1.29, 1.82) is 0 Å². The van der Waals surface area contributed by atoms with Crippen LogP contribution in [0.3, 0.4) is 0 Å². The van der Waals surface area contributed by atoms with Crippen LogP contribution in [0.2, 0.25) is 0 Å². The maximum atomic E-state index is 12.4. The Morgan fingerprint density at radius 3 is 2.46 bits per heavy atom. The number of carbonyl (C=O) groups is 2. The topological polar surface area (TPSA) is 96.1 Å². The van der Waals surface area contributed by atoms with Crippen LogP contribution in [0.15, 0.2) is 6.20 Å². The van der Waals surface area contributed by atoms with Gasteiger partial charge in [-0.15, -0.1) is 0 Å². The van der Waals surface area contributed by atoms with Gasteiger partial charge in [-0.25, -0.2) is 9.78 Å². The fourth-order valence-corrected chi connectivity index (χ4v) is 2.64. The van der Waals surface area contributed by atoms with Crippen molar-refractivity contribution in [2.45, 2.75) is 57.9 Å². The SMILES string of the molecule is COC(=O)N[C@H](C(=O)NCC1(c2nc(C(C)C)c[nH]2)CC1)C(C)C. The Labute approximate surface area is 142 Å². The number of ether oxygens (including phenoxy) is 1. The zero-order valence-electron chi connectivity index (χ0n) is 15.1. The van der Waals surface area contributed by atoms with Crippen LogP contribution in [0.5, 0.6) is 0 Å². The summed E-state index contributed by atoms with van der Waals surface area (Å²) in [6.07, 6.45) is 3.33. The lowest BCUT2D eigenvalue weighted by Crippen LogP contribution is -2.51. The Kier molecular flexibility index (Phi) is 5.51. The molecule has 7 nitrogen and oxygen atoms in total. The first-order chi connectivity index (χ1) is 11.3. The fraction of sp³-hybridized carbons (Fsp3) is 0.706. The molecule has 1 fully saturated rings. The number of rotatable bonds is 7. The van der Waals surface area contributed by atoms with Gasteiger partial charge in [0.1, 0.15) is 11.9 Å². The molecule has 1 heterocycles. The molecule has 0 unspecified atom stereocenters. The van der Waals surface area contributed by atoms with Gasteiger partial charge in [0.25, 0.3) is 0 Å². The molecule has 1 aromatic rings. The molecule has 0 aromatic carbocycles. The number of hydrogen-bond acceptors (Lipinski definition) is 4. The number of carbonyl (C=O) groups excluding carboxylic acids is 2. The Hall–Kier alpha value is -2.05. The molecule has 1 aromatic heterocycles. The second-order valence-electron chi connectivity index (χ2n) is 7.18. The number of methoxy groups -OCH3 is 1. The molecule has 1 atom stereocenters. The number of alkyl carbamates (subject to hydrolysis) is 1. The van der Waals surface area contributed by atoms with E-state index in [1.54, 1.807) is 0 Å². The van der Waals surface area contributed by atoms with Crippen molar-refractivity contribution in [3.05, 3.63) is 17.7 Å². The Bertz CT molecular complexity index is 590. The van der Waals surface area contributed by atoms with Crippen molar-refractivity contribution in [2.24, 2.45) is 5.92 Å². The van der Waals surface area contributed by atoms with Crippen molar-refractivity contribution in [3.63, 3.8) is 0 Å². The first kappa shape index (κ1) is 18.3. The molecule has 0 saturated heterocycles. The number of aromatic nitrogens is 2. The molecule has 0 bridgehead atoms. The van der Waals surface area contributed by atoms with E-state index in [0.717, 1.165) is 24.4 Å². The smallest absolute Gasteiger partial charge is 0.407 e. The van der Waals surface area contributed by atoms with E-state index in [1.807, 2.05) is 20.0 Å². The zero-order valence-corrected chi connectivity index (χ0v) is 15.1. The number of amides is 2. The molecule has 3 N–H and O–H groups in total. The molecular formula is C17H28N4O3. The van der Waals surface area contributed by atoms with Gasteiger partial charge in [0, 0.05) is 18.2 Å². The molecular weight excluding hydrogens is 308 g/mol. The molecule has 0 radical (unpaired) electrons. The van der Waals surface area contributed by atoms with Gasteiger partial charge in [0.05, 0.1) is 12.8 Å². The van der Waals surface area contributed by atoms with Crippen LogP contribution in [-0.4, -0.2) is 41.7 Å². The van der Waals surface area contributed by atoms with Crippen LogP contribution in [0.1, 0.15) is 58.0 Å². The van der Waals surface area contributed by atoms with Crippen LogP contribution in [-0.2, 0) is 14.9 Å². The van der Waals surface area contributed by atoms with E-state index >= 15 is 0 Å². The van der Waals surface area contributed by atoms with Crippen molar-refractivity contribution in [1.82, 2.24) is 20.6 Å². The molecule has 2 rings (SSSR count). The molecule has 1 saturated carbocycles. The van der Waals surface area contributed by atoms with Crippen molar-refractivity contribution >= 4 is 12.0 Å². The quantitative estimate of drug-likeness (QED) is 0.710. The monoisotopic (exact) mass is 336 g/mol. The van der Waals surface area contributed by atoms with Crippen LogP contribution in [0.25, 0.3) is 0 Å². The second-order valence-corrected chi connectivity index (χ2v) is 7.18. The normalized spacial score (nSPS) is 16.8. The molecule has 0 spiro atoms. The summed E-state index contributed by atoms with van der Waals surface area (Å²) in [6.45, 7) is 8.49. The van der Waals surface area contributed by atoms with Crippen molar-refractivity contribution < 1.29 is 14.3 Å². The van der Waals surface area contributed by atoms with E-state index < -0.39 is 12.1 Å². The summed E-state index contributed by atoms with van der Waals surface area (Å²) in [5.74, 6) is 1.08. The summed E-state index contributed by atoms with van der Waals surface area (Å²) in [4.78, 5) is 31.8. The third-order valence-corrected chi connectivity index (χ3v) is 4.55. The van der Waals surface area contributed by atoms with Gasteiger partial charge in [-0.3, -0.25) is 4.79 Å². The van der Waals surface area contributed by atoms with Crippen LogP contribution < -0.4 is 10.6 Å². The highest BCUT2D eigenvalue weighted by Crippen LogP contribution is 2.46. The van der Waals surface area contributed by atoms with Crippen LogP contribution in [0.4, 0.5) is 4.79 Å². The van der Waals surface area contributed by atoms with Crippen LogP contribution >= 0.6 is 0 Å². The molecule has 7 heteroatoms. The standard InChI is InChI=1S/C17H28N4O3/c1-10(2)12-8-18-15(20-12)17(6-7-17)9-19-14(22)13(11(3)4)21-16(23)24-5/h8,10-11,13H,6-7,9H2,1-5H3,(H,18,20)(H,19,22)(H,21,23)/t13-/m0/s1. The minimum atomic E-state index is -0.615. The van der Waals surface area contributed by atoms with E-state index in [4.69, 9.17) is 0 Å². The minimum absolute atomic E-state index is 0.0320. The summed E-state index contributed by atoms with van der Waals surface area (Å²) < 4.78 is 4.59. The van der Waals surface area contributed by atoms with Gasteiger partial charge in [-0.1, -0.05) is 27.7 Å². The maximum absolute atomic E-state index is 12.4. The van der Waals surface area contributed by atoms with Gasteiger partial charge < -0.3 is 20.4 Å². The number of hydrogen-bond donors (Lipinski definition) is 3. The average molecular weight is 336 g/mol. The lowest BCUT2D eigenvalue weighted by atomic mass is 10.0. The van der Waals surface area contributed by atoms with Crippen LogP contribution in [0, 0.1) is 5.92 Å².